The van der Waals surface area contributed by atoms with Crippen LogP contribution in [0.15, 0.2) is 0 Å². The lowest BCUT2D eigenvalue weighted by molar-refractivity contribution is -0.127. The van der Waals surface area contributed by atoms with Gasteiger partial charge in [0.1, 0.15) is 6.04 Å². The zero-order chi connectivity index (χ0) is 11.3. The molecular formula is C9H19N3O2. The van der Waals surface area contributed by atoms with Crippen molar-refractivity contribution >= 4 is 11.8 Å². The SMILES string of the molecule is CC(C)C[C@H](N)C(=O)N[C@@H](C)C(N)=O. The molecule has 0 aliphatic heterocycles. The maximum Gasteiger partial charge on any atom is 0.239 e. The molecule has 0 saturated carbocycles. The maximum atomic E-state index is 11.3. The number of primary amides is 1. The number of rotatable bonds is 5. The van der Waals surface area contributed by atoms with Crippen molar-refractivity contribution in [2.24, 2.45) is 17.4 Å². The minimum atomic E-state index is -0.666. The van der Waals surface area contributed by atoms with Crippen molar-refractivity contribution in [3.8, 4) is 0 Å². The molecule has 2 amide bonds. The van der Waals surface area contributed by atoms with Gasteiger partial charge in [0.05, 0.1) is 6.04 Å². The fourth-order valence-corrected chi connectivity index (χ4v) is 1.01. The summed E-state index contributed by atoms with van der Waals surface area (Å²) < 4.78 is 0. The molecule has 0 aromatic carbocycles. The van der Waals surface area contributed by atoms with Crippen LogP contribution in [-0.4, -0.2) is 23.9 Å². The second kappa shape index (κ2) is 5.59. The van der Waals surface area contributed by atoms with Gasteiger partial charge in [-0.1, -0.05) is 13.8 Å². The van der Waals surface area contributed by atoms with E-state index in [0.29, 0.717) is 12.3 Å². The number of nitrogens with two attached hydrogens (primary N) is 2. The zero-order valence-corrected chi connectivity index (χ0v) is 8.91. The van der Waals surface area contributed by atoms with E-state index in [1.807, 2.05) is 13.8 Å². The second-order valence-corrected chi connectivity index (χ2v) is 3.87. The zero-order valence-electron chi connectivity index (χ0n) is 8.91. The molecule has 0 rings (SSSR count). The number of amides is 2. The summed E-state index contributed by atoms with van der Waals surface area (Å²) in [6.45, 7) is 5.48. The summed E-state index contributed by atoms with van der Waals surface area (Å²) in [7, 11) is 0. The number of hydrogen-bond donors (Lipinski definition) is 3. The molecule has 5 heteroatoms. The minimum Gasteiger partial charge on any atom is -0.368 e. The summed E-state index contributed by atoms with van der Waals surface area (Å²) in [5.41, 5.74) is 10.6. The van der Waals surface area contributed by atoms with Crippen molar-refractivity contribution in [1.29, 1.82) is 0 Å². The third-order valence-electron chi connectivity index (χ3n) is 1.85. The van der Waals surface area contributed by atoms with Crippen LogP contribution in [0, 0.1) is 5.92 Å². The lowest BCUT2D eigenvalue weighted by atomic mass is 10.0. The second-order valence-electron chi connectivity index (χ2n) is 3.87. The van der Waals surface area contributed by atoms with Gasteiger partial charge in [-0.2, -0.15) is 0 Å². The Labute approximate surface area is 84.2 Å². The lowest BCUT2D eigenvalue weighted by Gasteiger charge is -2.16. The highest BCUT2D eigenvalue weighted by molar-refractivity contribution is 5.88. The van der Waals surface area contributed by atoms with Gasteiger partial charge in [-0.3, -0.25) is 9.59 Å². The van der Waals surface area contributed by atoms with Gasteiger partial charge in [0.25, 0.3) is 0 Å². The fraction of sp³-hybridized carbons (Fsp3) is 0.778. The Morgan fingerprint density at radius 2 is 1.79 bits per heavy atom. The van der Waals surface area contributed by atoms with Gasteiger partial charge in [0.15, 0.2) is 0 Å². The van der Waals surface area contributed by atoms with Crippen LogP contribution >= 0.6 is 0 Å². The van der Waals surface area contributed by atoms with Gasteiger partial charge < -0.3 is 16.8 Å². The summed E-state index contributed by atoms with van der Waals surface area (Å²) in [4.78, 5) is 22.0. The van der Waals surface area contributed by atoms with Crippen LogP contribution in [0.5, 0.6) is 0 Å². The summed E-state index contributed by atoms with van der Waals surface area (Å²) in [6.07, 6.45) is 0.595. The number of carbonyl (C=O) groups excluding carboxylic acids is 2. The molecule has 0 aromatic heterocycles. The summed E-state index contributed by atoms with van der Waals surface area (Å²) in [5.74, 6) is -0.542. The predicted molar refractivity (Wildman–Crippen MR) is 54.2 cm³/mol. The minimum absolute atomic E-state index is 0.329. The van der Waals surface area contributed by atoms with Gasteiger partial charge >= 0.3 is 0 Å². The van der Waals surface area contributed by atoms with Crippen molar-refractivity contribution in [3.05, 3.63) is 0 Å². The van der Waals surface area contributed by atoms with Gasteiger partial charge in [-0.25, -0.2) is 0 Å². The number of carbonyl (C=O) groups is 2. The molecule has 0 radical (unpaired) electrons. The molecule has 0 bridgehead atoms. The average molecular weight is 201 g/mol. The Bertz CT molecular complexity index is 216. The van der Waals surface area contributed by atoms with Crippen molar-refractivity contribution in [3.63, 3.8) is 0 Å². The van der Waals surface area contributed by atoms with E-state index in [1.54, 1.807) is 0 Å². The van der Waals surface area contributed by atoms with Crippen molar-refractivity contribution < 1.29 is 9.59 Å². The standard InChI is InChI=1S/C9H19N3O2/c1-5(2)4-7(10)9(14)12-6(3)8(11)13/h5-7H,4,10H2,1-3H3,(H2,11,13)(H,12,14)/t6-,7-/m0/s1. The van der Waals surface area contributed by atoms with E-state index in [9.17, 15) is 9.59 Å². The van der Waals surface area contributed by atoms with Crippen LogP contribution in [-0.2, 0) is 9.59 Å². The van der Waals surface area contributed by atoms with Crippen molar-refractivity contribution in [1.82, 2.24) is 5.32 Å². The number of hydrogen-bond acceptors (Lipinski definition) is 3. The molecule has 0 fully saturated rings. The molecule has 0 unspecified atom stereocenters. The van der Waals surface area contributed by atoms with E-state index < -0.39 is 18.0 Å². The van der Waals surface area contributed by atoms with Gasteiger partial charge in [-0.05, 0) is 19.3 Å². The van der Waals surface area contributed by atoms with Crippen LogP contribution in [0.3, 0.4) is 0 Å². The van der Waals surface area contributed by atoms with E-state index >= 15 is 0 Å². The Kier molecular flexibility index (Phi) is 5.15. The first-order chi connectivity index (χ1) is 6.34. The first kappa shape index (κ1) is 12.9. The molecule has 82 valence electrons. The average Bonchev–Trinajstić information content (AvgIpc) is 2.02. The summed E-state index contributed by atoms with van der Waals surface area (Å²) >= 11 is 0. The Morgan fingerprint density at radius 1 is 1.29 bits per heavy atom. The smallest absolute Gasteiger partial charge is 0.239 e. The molecule has 5 nitrogen and oxygen atoms in total. The fourth-order valence-electron chi connectivity index (χ4n) is 1.01. The van der Waals surface area contributed by atoms with Gasteiger partial charge in [0.2, 0.25) is 11.8 Å². The predicted octanol–water partition coefficient (Wildman–Crippen LogP) is -0.650. The third kappa shape index (κ3) is 4.81. The van der Waals surface area contributed by atoms with E-state index in [0.717, 1.165) is 0 Å². The molecule has 0 aliphatic rings. The Morgan fingerprint density at radius 3 is 2.14 bits per heavy atom. The van der Waals surface area contributed by atoms with Crippen molar-refractivity contribution in [2.45, 2.75) is 39.3 Å². The Hall–Kier alpha value is -1.10. The topological polar surface area (TPSA) is 98.2 Å². The van der Waals surface area contributed by atoms with Crippen LogP contribution < -0.4 is 16.8 Å². The first-order valence-corrected chi connectivity index (χ1v) is 4.69. The van der Waals surface area contributed by atoms with Crippen molar-refractivity contribution in [2.75, 3.05) is 0 Å². The molecule has 14 heavy (non-hydrogen) atoms. The summed E-state index contributed by atoms with van der Waals surface area (Å²) in [5, 5.41) is 2.45. The van der Waals surface area contributed by atoms with Gasteiger partial charge in [-0.15, -0.1) is 0 Å². The van der Waals surface area contributed by atoms with Crippen LogP contribution in [0.1, 0.15) is 27.2 Å². The van der Waals surface area contributed by atoms with Crippen LogP contribution in [0.2, 0.25) is 0 Å². The molecule has 2 atom stereocenters. The number of nitrogens with one attached hydrogen (secondary N) is 1. The quantitative estimate of drug-likeness (QED) is 0.551. The van der Waals surface area contributed by atoms with E-state index in [2.05, 4.69) is 5.32 Å². The molecule has 0 spiro atoms. The summed E-state index contributed by atoms with van der Waals surface area (Å²) in [6, 6.07) is -1.24. The first-order valence-electron chi connectivity index (χ1n) is 4.69. The molecule has 5 N–H and O–H groups in total. The highest BCUT2D eigenvalue weighted by Gasteiger charge is 2.18. The lowest BCUT2D eigenvalue weighted by Crippen LogP contribution is -2.49. The molecule has 0 aliphatic carbocycles. The maximum absolute atomic E-state index is 11.3. The van der Waals surface area contributed by atoms with Crippen LogP contribution in [0.25, 0.3) is 0 Å². The highest BCUT2D eigenvalue weighted by atomic mass is 16.2. The van der Waals surface area contributed by atoms with Gasteiger partial charge in [0, 0.05) is 0 Å². The molecule has 0 heterocycles. The van der Waals surface area contributed by atoms with E-state index in [-0.39, 0.29) is 5.91 Å². The van der Waals surface area contributed by atoms with Crippen LogP contribution in [0.4, 0.5) is 0 Å². The normalized spacial score (nSPS) is 14.9. The van der Waals surface area contributed by atoms with E-state index in [1.165, 1.54) is 6.92 Å². The monoisotopic (exact) mass is 201 g/mol. The highest BCUT2D eigenvalue weighted by Crippen LogP contribution is 2.02. The third-order valence-corrected chi connectivity index (χ3v) is 1.85. The van der Waals surface area contributed by atoms with E-state index in [4.69, 9.17) is 11.5 Å². The Balaban J connectivity index is 4.01. The largest absolute Gasteiger partial charge is 0.368 e. The molecular weight excluding hydrogens is 182 g/mol. The molecule has 0 aromatic rings. The molecule has 0 saturated heterocycles.